The topological polar surface area (TPSA) is 72.9 Å². The van der Waals surface area contributed by atoms with Crippen molar-refractivity contribution in [1.82, 2.24) is 4.90 Å². The first-order valence-electron chi connectivity index (χ1n) is 8.73. The van der Waals surface area contributed by atoms with Crippen LogP contribution in [0, 0.1) is 0 Å². The van der Waals surface area contributed by atoms with E-state index in [-0.39, 0.29) is 17.9 Å². The maximum absolute atomic E-state index is 12.2. The van der Waals surface area contributed by atoms with Gasteiger partial charge in [0.1, 0.15) is 0 Å². The first kappa shape index (κ1) is 18.4. The van der Waals surface area contributed by atoms with E-state index in [9.17, 15) is 14.7 Å². The quantitative estimate of drug-likeness (QED) is 0.815. The van der Waals surface area contributed by atoms with Crippen LogP contribution in [0.1, 0.15) is 22.2 Å². The molecule has 138 valence electrons. The summed E-state index contributed by atoms with van der Waals surface area (Å²) < 4.78 is 0. The van der Waals surface area contributed by atoms with Crippen LogP contribution < -0.4 is 10.2 Å². The number of benzene rings is 1. The fourth-order valence-corrected chi connectivity index (χ4v) is 3.81. The largest absolute Gasteiger partial charge is 0.478 e. The highest BCUT2D eigenvalue weighted by Crippen LogP contribution is 2.25. The Bertz CT molecular complexity index is 768. The number of hydrogen-bond acceptors (Lipinski definition) is 5. The predicted molar refractivity (Wildman–Crippen MR) is 104 cm³/mol. The minimum atomic E-state index is -1.04. The van der Waals surface area contributed by atoms with Crippen LogP contribution in [0.2, 0.25) is 0 Å². The number of piperazine rings is 1. The first-order valence-corrected chi connectivity index (χ1v) is 9.61. The van der Waals surface area contributed by atoms with Crippen LogP contribution in [0.3, 0.4) is 0 Å². The van der Waals surface area contributed by atoms with Crippen LogP contribution in [0.5, 0.6) is 0 Å². The van der Waals surface area contributed by atoms with E-state index in [1.165, 1.54) is 11.3 Å². The zero-order chi connectivity index (χ0) is 18.5. The number of nitrogens with one attached hydrogen (secondary N) is 1. The number of carbonyl (C=O) groups is 2. The van der Waals surface area contributed by atoms with Crippen molar-refractivity contribution in [2.24, 2.45) is 0 Å². The summed E-state index contributed by atoms with van der Waals surface area (Å²) in [6, 6.07) is 9.02. The molecule has 1 saturated heterocycles. The summed E-state index contributed by atoms with van der Waals surface area (Å²) in [4.78, 5) is 29.4. The van der Waals surface area contributed by atoms with Crippen molar-refractivity contribution in [3.63, 3.8) is 0 Å². The molecule has 1 aromatic carbocycles. The van der Waals surface area contributed by atoms with Gasteiger partial charge in [-0.1, -0.05) is 13.0 Å². The molecule has 1 fully saturated rings. The molecule has 1 aliphatic rings. The number of carboxylic acids is 1. The van der Waals surface area contributed by atoms with Crippen molar-refractivity contribution in [1.29, 1.82) is 0 Å². The molecule has 1 amide bonds. The van der Waals surface area contributed by atoms with Gasteiger partial charge in [0.15, 0.2) is 0 Å². The number of amides is 1. The standard InChI is InChI=1S/C19H23N3O3S/c1-2-21-7-9-22(10-8-21)14-5-6-17(16(12-14)19(24)25)20-18(23)13-15-4-3-11-26-15/h3-6,11-12H,2,7-10,13H2,1H3,(H,20,23)(H,24,25). The monoisotopic (exact) mass is 373 g/mol. The van der Waals surface area contributed by atoms with Crippen LogP contribution in [0.25, 0.3) is 0 Å². The molecule has 0 spiro atoms. The molecular formula is C19H23N3O3S. The van der Waals surface area contributed by atoms with E-state index in [0.717, 1.165) is 43.3 Å². The number of hydrogen-bond donors (Lipinski definition) is 2. The summed E-state index contributed by atoms with van der Waals surface area (Å²) in [6.07, 6.45) is 0.247. The highest BCUT2D eigenvalue weighted by atomic mass is 32.1. The molecule has 1 aliphatic heterocycles. The number of anilines is 2. The van der Waals surface area contributed by atoms with Crippen LogP contribution in [0.15, 0.2) is 35.7 Å². The summed E-state index contributed by atoms with van der Waals surface area (Å²) >= 11 is 1.51. The average Bonchev–Trinajstić information content (AvgIpc) is 3.14. The maximum Gasteiger partial charge on any atom is 0.337 e. The van der Waals surface area contributed by atoms with E-state index in [2.05, 4.69) is 22.0 Å². The van der Waals surface area contributed by atoms with Gasteiger partial charge in [-0.05, 0) is 36.2 Å². The third-order valence-corrected chi connectivity index (χ3v) is 5.48. The van der Waals surface area contributed by atoms with Gasteiger partial charge in [-0.2, -0.15) is 0 Å². The second-order valence-corrected chi connectivity index (χ2v) is 7.29. The fraction of sp³-hybridized carbons (Fsp3) is 0.368. The third-order valence-electron chi connectivity index (χ3n) is 4.61. The van der Waals surface area contributed by atoms with E-state index >= 15 is 0 Å². The molecular weight excluding hydrogens is 350 g/mol. The third kappa shape index (κ3) is 4.42. The molecule has 6 nitrogen and oxygen atoms in total. The van der Waals surface area contributed by atoms with Crippen LogP contribution in [-0.2, 0) is 11.2 Å². The van der Waals surface area contributed by atoms with Crippen molar-refractivity contribution in [2.45, 2.75) is 13.3 Å². The molecule has 3 rings (SSSR count). The van der Waals surface area contributed by atoms with Gasteiger partial charge in [0.2, 0.25) is 5.91 Å². The number of carbonyl (C=O) groups excluding carboxylic acids is 1. The fourth-order valence-electron chi connectivity index (χ4n) is 3.10. The van der Waals surface area contributed by atoms with E-state index in [4.69, 9.17) is 0 Å². The van der Waals surface area contributed by atoms with Gasteiger partial charge in [-0.3, -0.25) is 4.79 Å². The van der Waals surface area contributed by atoms with Crippen molar-refractivity contribution < 1.29 is 14.7 Å². The van der Waals surface area contributed by atoms with Crippen LogP contribution in [-0.4, -0.2) is 54.6 Å². The molecule has 0 bridgehead atoms. The van der Waals surface area contributed by atoms with Crippen molar-refractivity contribution in [2.75, 3.05) is 42.9 Å². The normalized spacial score (nSPS) is 15.0. The lowest BCUT2D eigenvalue weighted by Crippen LogP contribution is -2.46. The summed E-state index contributed by atoms with van der Waals surface area (Å²) in [6.45, 7) is 6.86. The number of aromatic carboxylic acids is 1. The molecule has 0 saturated carbocycles. The Labute approximate surface area is 157 Å². The Morgan fingerprint density at radius 3 is 2.58 bits per heavy atom. The van der Waals surface area contributed by atoms with Gasteiger partial charge in [-0.25, -0.2) is 4.79 Å². The number of carboxylic acid groups (broad SMARTS) is 1. The van der Waals surface area contributed by atoms with Crippen LogP contribution >= 0.6 is 11.3 Å². The lowest BCUT2D eigenvalue weighted by atomic mass is 10.1. The lowest BCUT2D eigenvalue weighted by Gasteiger charge is -2.35. The van der Waals surface area contributed by atoms with E-state index in [1.807, 2.05) is 23.6 Å². The molecule has 7 heteroatoms. The number of likely N-dealkylation sites (N-methyl/N-ethyl adjacent to an activating group) is 1. The number of thiophene rings is 1. The molecule has 0 atom stereocenters. The zero-order valence-electron chi connectivity index (χ0n) is 14.8. The summed E-state index contributed by atoms with van der Waals surface area (Å²) in [5.41, 5.74) is 1.35. The minimum absolute atomic E-state index is 0.125. The molecule has 26 heavy (non-hydrogen) atoms. The van der Waals surface area contributed by atoms with Gasteiger partial charge < -0.3 is 20.2 Å². The van der Waals surface area contributed by atoms with Gasteiger partial charge in [0.05, 0.1) is 17.7 Å². The Morgan fingerprint density at radius 2 is 1.96 bits per heavy atom. The van der Waals surface area contributed by atoms with Crippen molar-refractivity contribution in [3.8, 4) is 0 Å². The zero-order valence-corrected chi connectivity index (χ0v) is 15.6. The summed E-state index contributed by atoms with van der Waals surface area (Å²) in [5, 5.41) is 14.2. The summed E-state index contributed by atoms with van der Waals surface area (Å²) in [5.74, 6) is -1.25. The Kier molecular flexibility index (Phi) is 5.90. The predicted octanol–water partition coefficient (Wildman–Crippen LogP) is 2.77. The van der Waals surface area contributed by atoms with Crippen molar-refractivity contribution >= 4 is 34.6 Å². The first-order chi connectivity index (χ1) is 12.6. The van der Waals surface area contributed by atoms with Crippen molar-refractivity contribution in [3.05, 3.63) is 46.2 Å². The van der Waals surface area contributed by atoms with Gasteiger partial charge >= 0.3 is 5.97 Å². The molecule has 0 radical (unpaired) electrons. The Balaban J connectivity index is 1.72. The van der Waals surface area contributed by atoms with Gasteiger partial charge in [-0.15, -0.1) is 11.3 Å². The average molecular weight is 373 g/mol. The Hall–Kier alpha value is -2.38. The molecule has 2 N–H and O–H groups in total. The van der Waals surface area contributed by atoms with Gasteiger partial charge in [0, 0.05) is 36.7 Å². The van der Waals surface area contributed by atoms with E-state index in [0.29, 0.717) is 5.69 Å². The molecule has 0 aliphatic carbocycles. The highest BCUT2D eigenvalue weighted by Gasteiger charge is 2.19. The SMILES string of the molecule is CCN1CCN(c2ccc(NC(=O)Cc3cccs3)c(C(=O)O)c2)CC1. The molecule has 1 aromatic heterocycles. The number of rotatable bonds is 6. The number of nitrogens with zero attached hydrogens (tertiary/aromatic N) is 2. The smallest absolute Gasteiger partial charge is 0.337 e. The molecule has 2 aromatic rings. The maximum atomic E-state index is 12.2. The molecule has 0 unspecified atom stereocenters. The van der Waals surface area contributed by atoms with E-state index < -0.39 is 5.97 Å². The van der Waals surface area contributed by atoms with Gasteiger partial charge in [0.25, 0.3) is 0 Å². The minimum Gasteiger partial charge on any atom is -0.478 e. The molecule has 2 heterocycles. The van der Waals surface area contributed by atoms with E-state index in [1.54, 1.807) is 12.1 Å². The highest BCUT2D eigenvalue weighted by molar-refractivity contribution is 7.10. The van der Waals surface area contributed by atoms with Crippen LogP contribution in [0.4, 0.5) is 11.4 Å². The lowest BCUT2D eigenvalue weighted by molar-refractivity contribution is -0.115. The Morgan fingerprint density at radius 1 is 1.19 bits per heavy atom. The summed E-state index contributed by atoms with van der Waals surface area (Å²) in [7, 11) is 0. The second kappa shape index (κ2) is 8.33. The second-order valence-electron chi connectivity index (χ2n) is 6.26.